The number of carbonyl (C=O) groups is 1. The molecule has 2 aromatic heterocycles. The van der Waals surface area contributed by atoms with E-state index in [4.69, 9.17) is 0 Å². The molecular weight excluding hydrogens is 238 g/mol. The predicted octanol–water partition coefficient (Wildman–Crippen LogP) is 0.319. The Morgan fingerprint density at radius 3 is 3.29 bits per heavy atom. The molecule has 17 heavy (non-hydrogen) atoms. The van der Waals surface area contributed by atoms with E-state index in [0.29, 0.717) is 6.54 Å². The molecule has 0 spiro atoms. The van der Waals surface area contributed by atoms with Crippen LogP contribution in [0.25, 0.3) is 0 Å². The molecule has 0 radical (unpaired) electrons. The predicted molar refractivity (Wildman–Crippen MR) is 61.3 cm³/mol. The van der Waals surface area contributed by atoms with Gasteiger partial charge < -0.3 is 4.90 Å². The standard InChI is InChI=1S/C10H11N5OS/c16-10(6-15-7-11-12-13-15)14-3-1-9-8(5-14)2-4-17-9/h2,4,7H,1,3,5-6H2. The fourth-order valence-corrected chi connectivity index (χ4v) is 2.84. The number of fused-ring (bicyclic) bond motifs is 1. The lowest BCUT2D eigenvalue weighted by molar-refractivity contribution is -0.133. The highest BCUT2D eigenvalue weighted by molar-refractivity contribution is 7.10. The Labute approximate surface area is 102 Å². The Kier molecular flexibility index (Phi) is 2.60. The summed E-state index contributed by atoms with van der Waals surface area (Å²) >= 11 is 1.77. The third-order valence-corrected chi connectivity index (χ3v) is 3.87. The van der Waals surface area contributed by atoms with Gasteiger partial charge in [-0.25, -0.2) is 4.68 Å². The minimum Gasteiger partial charge on any atom is -0.336 e. The van der Waals surface area contributed by atoms with Crippen LogP contribution in [0.5, 0.6) is 0 Å². The molecule has 3 heterocycles. The Hall–Kier alpha value is -1.76. The molecule has 0 aliphatic carbocycles. The van der Waals surface area contributed by atoms with Crippen LogP contribution < -0.4 is 0 Å². The van der Waals surface area contributed by atoms with E-state index in [9.17, 15) is 4.79 Å². The molecule has 1 amide bonds. The second-order valence-corrected chi connectivity index (χ2v) is 4.94. The van der Waals surface area contributed by atoms with Gasteiger partial charge in [0.25, 0.3) is 0 Å². The van der Waals surface area contributed by atoms with Crippen molar-refractivity contribution >= 4 is 17.2 Å². The molecule has 7 heteroatoms. The quantitative estimate of drug-likeness (QED) is 0.769. The van der Waals surface area contributed by atoms with E-state index in [-0.39, 0.29) is 12.5 Å². The first kappa shape index (κ1) is 10.4. The van der Waals surface area contributed by atoms with Crippen molar-refractivity contribution < 1.29 is 4.79 Å². The molecule has 0 fully saturated rings. The normalized spacial score (nSPS) is 14.7. The molecule has 0 unspecified atom stereocenters. The van der Waals surface area contributed by atoms with Gasteiger partial charge in [0.1, 0.15) is 12.9 Å². The summed E-state index contributed by atoms with van der Waals surface area (Å²) in [6.45, 7) is 1.71. The first-order valence-corrected chi connectivity index (χ1v) is 6.24. The molecule has 0 saturated heterocycles. The SMILES string of the molecule is O=C(Cn1cnnn1)N1CCc2sccc2C1. The van der Waals surface area contributed by atoms with Crippen molar-refractivity contribution in [3.8, 4) is 0 Å². The summed E-state index contributed by atoms with van der Waals surface area (Å²) in [4.78, 5) is 15.3. The van der Waals surface area contributed by atoms with Gasteiger partial charge in [0, 0.05) is 18.0 Å². The van der Waals surface area contributed by atoms with Crippen LogP contribution in [0.2, 0.25) is 0 Å². The van der Waals surface area contributed by atoms with Crippen LogP contribution in [0.1, 0.15) is 10.4 Å². The molecule has 2 aromatic rings. The highest BCUT2D eigenvalue weighted by atomic mass is 32.1. The average Bonchev–Trinajstić information content (AvgIpc) is 2.97. The van der Waals surface area contributed by atoms with Gasteiger partial charge >= 0.3 is 0 Å². The monoisotopic (exact) mass is 249 g/mol. The van der Waals surface area contributed by atoms with Crippen LogP contribution >= 0.6 is 11.3 Å². The van der Waals surface area contributed by atoms with Crippen molar-refractivity contribution in [2.24, 2.45) is 0 Å². The molecule has 3 rings (SSSR count). The Morgan fingerprint density at radius 2 is 2.47 bits per heavy atom. The van der Waals surface area contributed by atoms with Crippen LogP contribution in [0, 0.1) is 0 Å². The van der Waals surface area contributed by atoms with Crippen LogP contribution in [0.15, 0.2) is 17.8 Å². The number of rotatable bonds is 2. The number of nitrogens with zero attached hydrogens (tertiary/aromatic N) is 5. The van der Waals surface area contributed by atoms with Crippen molar-refractivity contribution in [2.75, 3.05) is 6.54 Å². The van der Waals surface area contributed by atoms with Gasteiger partial charge in [-0.2, -0.15) is 0 Å². The van der Waals surface area contributed by atoms with Crippen molar-refractivity contribution in [2.45, 2.75) is 19.5 Å². The summed E-state index contributed by atoms with van der Waals surface area (Å²) in [5.41, 5.74) is 1.27. The Balaban J connectivity index is 1.68. The lowest BCUT2D eigenvalue weighted by atomic mass is 10.1. The number of hydrogen-bond donors (Lipinski definition) is 0. The maximum atomic E-state index is 12.0. The van der Waals surface area contributed by atoms with Gasteiger partial charge in [0.15, 0.2) is 0 Å². The second-order valence-electron chi connectivity index (χ2n) is 3.94. The van der Waals surface area contributed by atoms with E-state index in [1.165, 1.54) is 21.4 Å². The van der Waals surface area contributed by atoms with Crippen molar-refractivity contribution in [3.05, 3.63) is 28.2 Å². The molecule has 0 bridgehead atoms. The Morgan fingerprint density at radius 1 is 1.53 bits per heavy atom. The molecular formula is C10H11N5OS. The third kappa shape index (κ3) is 2.05. The molecule has 0 atom stereocenters. The highest BCUT2D eigenvalue weighted by Gasteiger charge is 2.21. The maximum absolute atomic E-state index is 12.0. The van der Waals surface area contributed by atoms with Crippen molar-refractivity contribution in [3.63, 3.8) is 0 Å². The average molecular weight is 249 g/mol. The number of tetrazole rings is 1. The van der Waals surface area contributed by atoms with E-state index in [2.05, 4.69) is 27.0 Å². The van der Waals surface area contributed by atoms with Crippen LogP contribution in [0.3, 0.4) is 0 Å². The zero-order valence-corrected chi connectivity index (χ0v) is 9.93. The molecule has 0 saturated carbocycles. The van der Waals surface area contributed by atoms with E-state index >= 15 is 0 Å². The van der Waals surface area contributed by atoms with Crippen LogP contribution in [-0.4, -0.2) is 37.6 Å². The van der Waals surface area contributed by atoms with Gasteiger partial charge in [-0.15, -0.1) is 16.4 Å². The Bertz CT molecular complexity index is 521. The number of aromatic nitrogens is 4. The first-order valence-electron chi connectivity index (χ1n) is 5.37. The van der Waals surface area contributed by atoms with Crippen LogP contribution in [0.4, 0.5) is 0 Å². The lowest BCUT2D eigenvalue weighted by Gasteiger charge is -2.26. The zero-order valence-electron chi connectivity index (χ0n) is 9.11. The topological polar surface area (TPSA) is 63.9 Å². The molecule has 1 aliphatic heterocycles. The van der Waals surface area contributed by atoms with E-state index in [0.717, 1.165) is 13.0 Å². The summed E-state index contributed by atoms with van der Waals surface area (Å²) in [6.07, 6.45) is 2.41. The molecule has 1 aliphatic rings. The molecule has 0 N–H and O–H groups in total. The molecule has 0 aromatic carbocycles. The maximum Gasteiger partial charge on any atom is 0.244 e. The fraction of sp³-hybridized carbons (Fsp3) is 0.400. The van der Waals surface area contributed by atoms with Crippen LogP contribution in [-0.2, 0) is 24.3 Å². The van der Waals surface area contributed by atoms with Crippen molar-refractivity contribution in [1.29, 1.82) is 0 Å². The zero-order chi connectivity index (χ0) is 11.7. The number of thiophene rings is 1. The number of amides is 1. The summed E-state index contributed by atoms with van der Waals surface area (Å²) in [7, 11) is 0. The second kappa shape index (κ2) is 4.25. The highest BCUT2D eigenvalue weighted by Crippen LogP contribution is 2.23. The molecule has 88 valence electrons. The van der Waals surface area contributed by atoms with E-state index in [1.54, 1.807) is 11.3 Å². The van der Waals surface area contributed by atoms with Gasteiger partial charge in [-0.3, -0.25) is 4.79 Å². The first-order chi connectivity index (χ1) is 8.33. The minimum absolute atomic E-state index is 0.0640. The fourth-order valence-electron chi connectivity index (χ4n) is 1.95. The van der Waals surface area contributed by atoms with Crippen molar-refractivity contribution in [1.82, 2.24) is 25.1 Å². The summed E-state index contributed by atoms with van der Waals surface area (Å²) in [6, 6.07) is 2.09. The van der Waals surface area contributed by atoms with E-state index < -0.39 is 0 Å². The lowest BCUT2D eigenvalue weighted by Crippen LogP contribution is -2.37. The third-order valence-electron chi connectivity index (χ3n) is 2.85. The summed E-state index contributed by atoms with van der Waals surface area (Å²) in [5.74, 6) is 0.0640. The number of carbonyl (C=O) groups excluding carboxylic acids is 1. The van der Waals surface area contributed by atoms with Gasteiger partial charge in [-0.1, -0.05) is 0 Å². The molecule has 6 nitrogen and oxygen atoms in total. The summed E-state index contributed by atoms with van der Waals surface area (Å²) in [5, 5.41) is 12.8. The smallest absolute Gasteiger partial charge is 0.244 e. The van der Waals surface area contributed by atoms with Gasteiger partial charge in [0.2, 0.25) is 5.91 Å². The minimum atomic E-state index is 0.0640. The summed E-state index contributed by atoms with van der Waals surface area (Å²) < 4.78 is 1.45. The largest absolute Gasteiger partial charge is 0.336 e. The number of hydrogen-bond acceptors (Lipinski definition) is 5. The van der Waals surface area contributed by atoms with Gasteiger partial charge in [0.05, 0.1) is 0 Å². The van der Waals surface area contributed by atoms with E-state index in [1.807, 2.05) is 4.90 Å². The van der Waals surface area contributed by atoms with Gasteiger partial charge in [-0.05, 0) is 33.9 Å².